The molecular weight excluding hydrogens is 324 g/mol. The van der Waals surface area contributed by atoms with Crippen molar-refractivity contribution in [1.29, 1.82) is 0 Å². The molecule has 2 aromatic rings. The van der Waals surface area contributed by atoms with Gasteiger partial charge in [0.25, 0.3) is 5.91 Å². The van der Waals surface area contributed by atoms with E-state index in [1.54, 1.807) is 49.5 Å². The molecule has 25 heavy (non-hydrogen) atoms. The van der Waals surface area contributed by atoms with E-state index in [2.05, 4.69) is 15.4 Å². The molecule has 0 fully saturated rings. The predicted molar refractivity (Wildman–Crippen MR) is 92.7 cm³/mol. The molecule has 0 aliphatic heterocycles. The summed E-state index contributed by atoms with van der Waals surface area (Å²) in [6.45, 7) is -0.480. The van der Waals surface area contributed by atoms with E-state index in [-0.39, 0.29) is 11.3 Å². The highest BCUT2D eigenvalue weighted by atomic mass is 16.5. The summed E-state index contributed by atoms with van der Waals surface area (Å²) in [5.41, 5.74) is 1.42. The molecule has 0 atom stereocenters. The van der Waals surface area contributed by atoms with Crippen LogP contribution in [0.1, 0.15) is 20.7 Å². The van der Waals surface area contributed by atoms with Crippen LogP contribution in [0, 0.1) is 0 Å². The fraction of sp³-hybridized carbons (Fsp3) is 0.167. The van der Waals surface area contributed by atoms with Gasteiger partial charge in [-0.2, -0.15) is 0 Å². The van der Waals surface area contributed by atoms with Crippen LogP contribution in [0.4, 0.5) is 11.4 Å². The molecule has 0 bridgehead atoms. The van der Waals surface area contributed by atoms with Gasteiger partial charge < -0.3 is 20.1 Å². The van der Waals surface area contributed by atoms with Crippen LogP contribution in [-0.4, -0.2) is 38.6 Å². The zero-order valence-electron chi connectivity index (χ0n) is 13.9. The van der Waals surface area contributed by atoms with Crippen LogP contribution in [0.3, 0.4) is 0 Å². The van der Waals surface area contributed by atoms with Gasteiger partial charge >= 0.3 is 11.9 Å². The number of anilines is 2. The SMILES string of the molecule is CNc1ccccc1C(=O)OCC(=O)Nc1ccccc1C(=O)OC. The van der Waals surface area contributed by atoms with Crippen LogP contribution < -0.4 is 10.6 Å². The summed E-state index contributed by atoms with van der Waals surface area (Å²) in [7, 11) is 2.94. The molecule has 0 aliphatic rings. The summed E-state index contributed by atoms with van der Waals surface area (Å²) in [4.78, 5) is 35.8. The fourth-order valence-corrected chi connectivity index (χ4v) is 2.15. The summed E-state index contributed by atoms with van der Waals surface area (Å²) < 4.78 is 9.68. The number of para-hydroxylation sites is 2. The van der Waals surface area contributed by atoms with Crippen LogP contribution in [0.2, 0.25) is 0 Å². The molecule has 0 unspecified atom stereocenters. The van der Waals surface area contributed by atoms with Crippen molar-refractivity contribution in [2.75, 3.05) is 31.4 Å². The van der Waals surface area contributed by atoms with Gasteiger partial charge in [0, 0.05) is 12.7 Å². The maximum Gasteiger partial charge on any atom is 0.340 e. The molecule has 2 aromatic carbocycles. The highest BCUT2D eigenvalue weighted by Gasteiger charge is 2.16. The van der Waals surface area contributed by atoms with Crippen LogP contribution in [0.25, 0.3) is 0 Å². The second kappa shape index (κ2) is 8.49. The Bertz CT molecular complexity index is 789. The highest BCUT2D eigenvalue weighted by Crippen LogP contribution is 2.17. The topological polar surface area (TPSA) is 93.7 Å². The third kappa shape index (κ3) is 4.57. The summed E-state index contributed by atoms with van der Waals surface area (Å²) in [6, 6.07) is 13.2. The second-order valence-corrected chi connectivity index (χ2v) is 4.96. The van der Waals surface area contributed by atoms with Gasteiger partial charge in [0.05, 0.1) is 23.9 Å². The third-order valence-electron chi connectivity index (χ3n) is 3.36. The number of hydrogen-bond donors (Lipinski definition) is 2. The maximum atomic E-state index is 12.1. The zero-order chi connectivity index (χ0) is 18.2. The molecule has 0 saturated carbocycles. The van der Waals surface area contributed by atoms with E-state index in [0.29, 0.717) is 11.3 Å². The van der Waals surface area contributed by atoms with E-state index in [4.69, 9.17) is 4.74 Å². The van der Waals surface area contributed by atoms with Gasteiger partial charge in [0.2, 0.25) is 0 Å². The molecule has 0 aliphatic carbocycles. The predicted octanol–water partition coefficient (Wildman–Crippen LogP) is 2.31. The average Bonchev–Trinajstić information content (AvgIpc) is 2.65. The van der Waals surface area contributed by atoms with Gasteiger partial charge in [-0.15, -0.1) is 0 Å². The lowest BCUT2D eigenvalue weighted by atomic mass is 10.2. The number of carbonyl (C=O) groups excluding carboxylic acids is 3. The molecular formula is C18H18N2O5. The Morgan fingerprint density at radius 1 is 0.880 bits per heavy atom. The minimum absolute atomic E-state index is 0.213. The lowest BCUT2D eigenvalue weighted by molar-refractivity contribution is -0.119. The highest BCUT2D eigenvalue weighted by molar-refractivity contribution is 6.02. The molecule has 0 heterocycles. The smallest absolute Gasteiger partial charge is 0.340 e. The van der Waals surface area contributed by atoms with E-state index in [1.807, 2.05) is 0 Å². The Hall–Kier alpha value is -3.35. The number of hydrogen-bond acceptors (Lipinski definition) is 6. The van der Waals surface area contributed by atoms with Crippen molar-refractivity contribution in [3.63, 3.8) is 0 Å². The Labute approximate surface area is 144 Å². The summed E-state index contributed by atoms with van der Waals surface area (Å²) in [5.74, 6) is -1.76. The number of amides is 1. The second-order valence-electron chi connectivity index (χ2n) is 4.96. The first-order chi connectivity index (χ1) is 12.1. The number of nitrogens with one attached hydrogen (secondary N) is 2. The first-order valence-electron chi connectivity index (χ1n) is 7.48. The number of rotatable bonds is 6. The first kappa shape index (κ1) is 18.0. The van der Waals surface area contributed by atoms with E-state index >= 15 is 0 Å². The molecule has 2 rings (SSSR count). The van der Waals surface area contributed by atoms with Gasteiger partial charge in [-0.3, -0.25) is 4.79 Å². The van der Waals surface area contributed by atoms with E-state index in [9.17, 15) is 14.4 Å². The van der Waals surface area contributed by atoms with Crippen molar-refractivity contribution in [3.05, 3.63) is 59.7 Å². The van der Waals surface area contributed by atoms with Gasteiger partial charge in [-0.1, -0.05) is 24.3 Å². The Kier molecular flexibility index (Phi) is 6.11. The molecule has 2 N–H and O–H groups in total. The summed E-state index contributed by atoms with van der Waals surface area (Å²) >= 11 is 0. The molecule has 0 aromatic heterocycles. The molecule has 7 heteroatoms. The Morgan fingerprint density at radius 3 is 2.04 bits per heavy atom. The summed E-state index contributed by atoms with van der Waals surface area (Å²) in [5, 5.41) is 5.41. The van der Waals surface area contributed by atoms with Crippen LogP contribution in [-0.2, 0) is 14.3 Å². The Balaban J connectivity index is 2.00. The fourth-order valence-electron chi connectivity index (χ4n) is 2.15. The van der Waals surface area contributed by atoms with Crippen LogP contribution in [0.5, 0.6) is 0 Å². The van der Waals surface area contributed by atoms with Crippen molar-refractivity contribution in [2.24, 2.45) is 0 Å². The number of benzene rings is 2. The number of ether oxygens (including phenoxy) is 2. The molecule has 0 radical (unpaired) electrons. The molecule has 7 nitrogen and oxygen atoms in total. The third-order valence-corrected chi connectivity index (χ3v) is 3.36. The van der Waals surface area contributed by atoms with Gasteiger partial charge in [0.1, 0.15) is 0 Å². The van der Waals surface area contributed by atoms with Gasteiger partial charge in [-0.25, -0.2) is 9.59 Å². The molecule has 0 saturated heterocycles. The normalized spacial score (nSPS) is 9.84. The molecule has 130 valence electrons. The van der Waals surface area contributed by atoms with Crippen LogP contribution >= 0.6 is 0 Å². The quantitative estimate of drug-likeness (QED) is 0.783. The number of methoxy groups -OCH3 is 1. The number of esters is 2. The summed E-state index contributed by atoms with van der Waals surface area (Å²) in [6.07, 6.45) is 0. The van der Waals surface area contributed by atoms with Gasteiger partial charge in [0.15, 0.2) is 6.61 Å². The molecule has 1 amide bonds. The monoisotopic (exact) mass is 342 g/mol. The van der Waals surface area contributed by atoms with Crippen molar-refractivity contribution >= 4 is 29.2 Å². The standard InChI is InChI=1S/C18H18N2O5/c1-19-14-9-5-3-7-12(14)18(23)25-11-16(21)20-15-10-6-4-8-13(15)17(22)24-2/h3-10,19H,11H2,1-2H3,(H,20,21). The first-order valence-corrected chi connectivity index (χ1v) is 7.48. The number of carbonyl (C=O) groups is 3. The van der Waals surface area contributed by atoms with Crippen molar-refractivity contribution in [2.45, 2.75) is 0 Å². The minimum Gasteiger partial charge on any atom is -0.465 e. The lowest BCUT2D eigenvalue weighted by Crippen LogP contribution is -2.22. The Morgan fingerprint density at radius 2 is 1.44 bits per heavy atom. The van der Waals surface area contributed by atoms with E-state index in [1.165, 1.54) is 13.2 Å². The average molecular weight is 342 g/mol. The van der Waals surface area contributed by atoms with E-state index < -0.39 is 24.5 Å². The van der Waals surface area contributed by atoms with E-state index in [0.717, 1.165) is 0 Å². The van der Waals surface area contributed by atoms with Gasteiger partial charge in [-0.05, 0) is 24.3 Å². The van der Waals surface area contributed by atoms with Crippen LogP contribution in [0.15, 0.2) is 48.5 Å². The molecule has 0 spiro atoms. The maximum absolute atomic E-state index is 12.1. The minimum atomic E-state index is -0.624. The largest absolute Gasteiger partial charge is 0.465 e. The lowest BCUT2D eigenvalue weighted by Gasteiger charge is -2.11. The van der Waals surface area contributed by atoms with Crippen molar-refractivity contribution < 1.29 is 23.9 Å². The van der Waals surface area contributed by atoms with Crippen molar-refractivity contribution in [1.82, 2.24) is 0 Å². The zero-order valence-corrected chi connectivity index (χ0v) is 13.9. The van der Waals surface area contributed by atoms with Crippen molar-refractivity contribution in [3.8, 4) is 0 Å².